The van der Waals surface area contributed by atoms with Crippen LogP contribution in [0.3, 0.4) is 0 Å². The van der Waals surface area contributed by atoms with Crippen LogP contribution in [0.25, 0.3) is 0 Å². The smallest absolute Gasteiger partial charge is 0.240 e. The molecule has 0 saturated carbocycles. The fourth-order valence-corrected chi connectivity index (χ4v) is 2.19. The van der Waals surface area contributed by atoms with Gasteiger partial charge in [0.25, 0.3) is 0 Å². The van der Waals surface area contributed by atoms with Gasteiger partial charge in [0, 0.05) is 18.6 Å². The van der Waals surface area contributed by atoms with E-state index in [2.05, 4.69) is 63.9 Å². The molecule has 0 aromatic carbocycles. The van der Waals surface area contributed by atoms with E-state index < -0.39 is 0 Å². The largest absolute Gasteiger partial charge is 0.475 e. The molecule has 0 radical (unpaired) electrons. The van der Waals surface area contributed by atoms with Gasteiger partial charge in [-0.2, -0.15) is 4.98 Å². The number of rotatable bonds is 7. The van der Waals surface area contributed by atoms with Gasteiger partial charge in [0.2, 0.25) is 11.8 Å². The Kier molecular flexibility index (Phi) is 6.47. The predicted octanol–water partition coefficient (Wildman–Crippen LogP) is 2.02. The summed E-state index contributed by atoms with van der Waals surface area (Å²) in [6.07, 6.45) is 1.61. The number of halogens is 1. The maximum absolute atomic E-state index is 5.67. The Morgan fingerprint density at radius 2 is 2.00 bits per heavy atom. The third-order valence-corrected chi connectivity index (χ3v) is 3.30. The van der Waals surface area contributed by atoms with Crippen LogP contribution in [-0.2, 0) is 0 Å². The average Bonchev–Trinajstić information content (AvgIpc) is 2.35. The molecule has 3 N–H and O–H groups in total. The van der Waals surface area contributed by atoms with Crippen LogP contribution >= 0.6 is 15.9 Å². The lowest BCUT2D eigenvalue weighted by molar-refractivity contribution is 0.140. The van der Waals surface area contributed by atoms with Gasteiger partial charge in [-0.3, -0.25) is 10.3 Å². The van der Waals surface area contributed by atoms with Crippen molar-refractivity contribution >= 4 is 21.9 Å². The van der Waals surface area contributed by atoms with E-state index in [0.29, 0.717) is 35.0 Å². The Labute approximate surface area is 122 Å². The van der Waals surface area contributed by atoms with Crippen molar-refractivity contribution in [3.8, 4) is 5.88 Å². The molecular weight excluding hydrogens is 310 g/mol. The maximum Gasteiger partial charge on any atom is 0.240 e. The van der Waals surface area contributed by atoms with E-state index in [1.807, 2.05) is 0 Å². The average molecular weight is 332 g/mol. The highest BCUT2D eigenvalue weighted by molar-refractivity contribution is 9.10. The van der Waals surface area contributed by atoms with E-state index in [0.717, 1.165) is 6.54 Å². The van der Waals surface area contributed by atoms with Gasteiger partial charge in [0.1, 0.15) is 6.61 Å². The Balaban J connectivity index is 2.57. The van der Waals surface area contributed by atoms with Crippen molar-refractivity contribution in [3.05, 3.63) is 10.7 Å². The van der Waals surface area contributed by atoms with E-state index in [1.165, 1.54) is 0 Å². The third-order valence-electron chi connectivity index (χ3n) is 2.76. The third kappa shape index (κ3) is 4.93. The van der Waals surface area contributed by atoms with Crippen LogP contribution in [0, 0.1) is 0 Å². The SMILES string of the molecule is CC(C)N(CCOc1nc(NN)ncc1Br)C(C)C. The molecule has 1 aromatic heterocycles. The molecule has 0 bridgehead atoms. The molecule has 1 aromatic rings. The van der Waals surface area contributed by atoms with Crippen molar-refractivity contribution in [2.75, 3.05) is 18.6 Å². The van der Waals surface area contributed by atoms with Gasteiger partial charge in [-0.05, 0) is 43.6 Å². The van der Waals surface area contributed by atoms with Crippen LogP contribution in [-0.4, -0.2) is 40.1 Å². The highest BCUT2D eigenvalue weighted by Crippen LogP contribution is 2.22. The lowest BCUT2D eigenvalue weighted by atomic mass is 10.2. The Hall–Kier alpha value is -0.920. The highest BCUT2D eigenvalue weighted by Gasteiger charge is 2.13. The van der Waals surface area contributed by atoms with Gasteiger partial charge in [0.15, 0.2) is 0 Å². The molecule has 1 heterocycles. The topological polar surface area (TPSA) is 76.3 Å². The molecule has 0 saturated heterocycles. The zero-order chi connectivity index (χ0) is 14.4. The number of hydrogen-bond donors (Lipinski definition) is 2. The van der Waals surface area contributed by atoms with Gasteiger partial charge < -0.3 is 4.74 Å². The lowest BCUT2D eigenvalue weighted by Crippen LogP contribution is -2.39. The summed E-state index contributed by atoms with van der Waals surface area (Å²) in [4.78, 5) is 10.5. The second-order valence-corrected chi connectivity index (χ2v) is 5.62. The first-order valence-electron chi connectivity index (χ1n) is 6.33. The monoisotopic (exact) mass is 331 g/mol. The summed E-state index contributed by atoms with van der Waals surface area (Å²) in [6.45, 7) is 10.1. The molecule has 0 aliphatic carbocycles. The Morgan fingerprint density at radius 1 is 1.37 bits per heavy atom. The minimum Gasteiger partial charge on any atom is -0.475 e. The molecule has 0 fully saturated rings. The quantitative estimate of drug-likeness (QED) is 0.588. The van der Waals surface area contributed by atoms with Crippen LogP contribution in [0.4, 0.5) is 5.95 Å². The number of nitrogens with two attached hydrogens (primary N) is 1. The number of nitrogens with zero attached hydrogens (tertiary/aromatic N) is 3. The summed E-state index contributed by atoms with van der Waals surface area (Å²) in [6, 6.07) is 0.970. The Morgan fingerprint density at radius 3 is 2.53 bits per heavy atom. The van der Waals surface area contributed by atoms with Crippen LogP contribution in [0.15, 0.2) is 10.7 Å². The zero-order valence-electron chi connectivity index (χ0n) is 11.9. The number of nitrogen functional groups attached to an aromatic ring is 1. The number of hydrogen-bond acceptors (Lipinski definition) is 6. The lowest BCUT2D eigenvalue weighted by Gasteiger charge is -2.30. The molecule has 0 aliphatic heterocycles. The van der Waals surface area contributed by atoms with Crippen LogP contribution < -0.4 is 16.0 Å². The molecule has 7 heteroatoms. The van der Waals surface area contributed by atoms with E-state index in [9.17, 15) is 0 Å². The number of anilines is 1. The second-order valence-electron chi connectivity index (χ2n) is 4.76. The molecule has 0 amide bonds. The molecule has 0 atom stereocenters. The standard InChI is InChI=1S/C12H22BrN5O/c1-8(2)18(9(3)4)5-6-19-11-10(13)7-15-12(16-11)17-14/h7-9H,5-6,14H2,1-4H3,(H,15,16,17). The first-order chi connectivity index (χ1) is 8.95. The number of hydrazine groups is 1. The summed E-state index contributed by atoms with van der Waals surface area (Å²) in [5, 5.41) is 0. The molecule has 6 nitrogen and oxygen atoms in total. The highest BCUT2D eigenvalue weighted by atomic mass is 79.9. The summed E-state index contributed by atoms with van der Waals surface area (Å²) >= 11 is 3.35. The summed E-state index contributed by atoms with van der Waals surface area (Å²) in [7, 11) is 0. The zero-order valence-corrected chi connectivity index (χ0v) is 13.4. The van der Waals surface area contributed by atoms with Crippen molar-refractivity contribution in [1.29, 1.82) is 0 Å². The van der Waals surface area contributed by atoms with E-state index in [-0.39, 0.29) is 0 Å². The molecule has 0 aliphatic rings. The maximum atomic E-state index is 5.67. The van der Waals surface area contributed by atoms with E-state index in [1.54, 1.807) is 6.20 Å². The van der Waals surface area contributed by atoms with Crippen molar-refractivity contribution < 1.29 is 4.74 Å². The molecular formula is C12H22BrN5O. The van der Waals surface area contributed by atoms with Crippen LogP contribution in [0.1, 0.15) is 27.7 Å². The van der Waals surface area contributed by atoms with Crippen LogP contribution in [0.5, 0.6) is 5.88 Å². The number of aromatic nitrogens is 2. The number of ether oxygens (including phenoxy) is 1. The van der Waals surface area contributed by atoms with Crippen LogP contribution in [0.2, 0.25) is 0 Å². The summed E-state index contributed by atoms with van der Waals surface area (Å²) < 4.78 is 6.39. The van der Waals surface area contributed by atoms with Gasteiger partial charge in [-0.25, -0.2) is 10.8 Å². The molecule has 19 heavy (non-hydrogen) atoms. The normalized spacial score (nSPS) is 11.4. The van der Waals surface area contributed by atoms with E-state index >= 15 is 0 Å². The van der Waals surface area contributed by atoms with Crippen molar-refractivity contribution in [2.24, 2.45) is 5.84 Å². The predicted molar refractivity (Wildman–Crippen MR) is 80.0 cm³/mol. The fourth-order valence-electron chi connectivity index (χ4n) is 1.88. The number of nitrogens with one attached hydrogen (secondary N) is 1. The molecule has 0 unspecified atom stereocenters. The molecule has 1 rings (SSSR count). The first-order valence-corrected chi connectivity index (χ1v) is 7.12. The van der Waals surface area contributed by atoms with Gasteiger partial charge in [-0.15, -0.1) is 0 Å². The molecule has 0 spiro atoms. The van der Waals surface area contributed by atoms with Gasteiger partial charge in [0.05, 0.1) is 10.7 Å². The van der Waals surface area contributed by atoms with Crippen molar-refractivity contribution in [1.82, 2.24) is 14.9 Å². The van der Waals surface area contributed by atoms with Gasteiger partial charge in [-0.1, -0.05) is 0 Å². The second kappa shape index (κ2) is 7.62. The first kappa shape index (κ1) is 16.1. The van der Waals surface area contributed by atoms with Crippen molar-refractivity contribution in [3.63, 3.8) is 0 Å². The van der Waals surface area contributed by atoms with Gasteiger partial charge >= 0.3 is 0 Å². The minimum atomic E-state index is 0.336. The Bertz CT molecular complexity index is 392. The fraction of sp³-hybridized carbons (Fsp3) is 0.667. The minimum absolute atomic E-state index is 0.336. The van der Waals surface area contributed by atoms with Crippen molar-refractivity contribution in [2.45, 2.75) is 39.8 Å². The summed E-state index contributed by atoms with van der Waals surface area (Å²) in [5.74, 6) is 6.10. The molecule has 108 valence electrons. The summed E-state index contributed by atoms with van der Waals surface area (Å²) in [5.41, 5.74) is 2.40. The van der Waals surface area contributed by atoms with E-state index in [4.69, 9.17) is 10.6 Å².